The van der Waals surface area contributed by atoms with E-state index in [1.54, 1.807) is 24.3 Å². The molecule has 0 radical (unpaired) electrons. The highest BCUT2D eigenvalue weighted by Gasteiger charge is 2.01. The number of anilines is 1. The summed E-state index contributed by atoms with van der Waals surface area (Å²) < 4.78 is 0. The van der Waals surface area contributed by atoms with Gasteiger partial charge < -0.3 is 10.4 Å². The number of hydrogen-bond donors (Lipinski definition) is 2. The highest BCUT2D eigenvalue weighted by Crippen LogP contribution is 2.14. The smallest absolute Gasteiger partial charge is 0.247 e. The summed E-state index contributed by atoms with van der Waals surface area (Å²) in [5.41, 5.74) is 1.31. The van der Waals surface area contributed by atoms with Gasteiger partial charge in [-0.2, -0.15) is 0 Å². The number of carbonyl (C=O) groups is 1. The van der Waals surface area contributed by atoms with Crippen LogP contribution >= 0.6 is 0 Å². The van der Waals surface area contributed by atoms with Crippen molar-refractivity contribution in [1.29, 1.82) is 0 Å². The third kappa shape index (κ3) is 2.42. The Morgan fingerprint density at radius 3 is 2.85 bits per heavy atom. The average molecular weight is 177 g/mol. The first kappa shape index (κ1) is 9.48. The van der Waals surface area contributed by atoms with Crippen LogP contribution in [0.4, 0.5) is 5.69 Å². The minimum atomic E-state index is -0.277. The molecule has 0 aliphatic carbocycles. The standard InChI is InChI=1S/C10H11NO2/c1-2-10(13)11-9-6-4-3-5-8(9)7-12/h2-6,12H,1,7H2,(H,11,13). The Hall–Kier alpha value is -1.61. The molecule has 1 aromatic carbocycles. The molecule has 1 aromatic rings. The Morgan fingerprint density at radius 1 is 1.54 bits per heavy atom. The fourth-order valence-electron chi connectivity index (χ4n) is 0.964. The number of rotatable bonds is 3. The van der Waals surface area contributed by atoms with E-state index in [2.05, 4.69) is 11.9 Å². The van der Waals surface area contributed by atoms with Crippen molar-refractivity contribution in [2.45, 2.75) is 6.61 Å². The Morgan fingerprint density at radius 2 is 2.23 bits per heavy atom. The Balaban J connectivity index is 2.86. The van der Waals surface area contributed by atoms with Crippen molar-refractivity contribution in [3.8, 4) is 0 Å². The van der Waals surface area contributed by atoms with E-state index in [0.29, 0.717) is 11.3 Å². The van der Waals surface area contributed by atoms with E-state index in [9.17, 15) is 4.79 Å². The normalized spacial score (nSPS) is 9.31. The Bertz CT molecular complexity index is 320. The van der Waals surface area contributed by atoms with Crippen molar-refractivity contribution in [3.63, 3.8) is 0 Å². The van der Waals surface area contributed by atoms with E-state index in [4.69, 9.17) is 5.11 Å². The van der Waals surface area contributed by atoms with Crippen LogP contribution < -0.4 is 5.32 Å². The van der Waals surface area contributed by atoms with Gasteiger partial charge in [-0.25, -0.2) is 0 Å². The molecular weight excluding hydrogens is 166 g/mol. The van der Waals surface area contributed by atoms with Crippen LogP contribution in [0.5, 0.6) is 0 Å². The molecule has 13 heavy (non-hydrogen) atoms. The van der Waals surface area contributed by atoms with Gasteiger partial charge in [-0.15, -0.1) is 0 Å². The molecule has 0 aromatic heterocycles. The summed E-state index contributed by atoms with van der Waals surface area (Å²) in [5, 5.41) is 11.5. The summed E-state index contributed by atoms with van der Waals surface area (Å²) >= 11 is 0. The van der Waals surface area contributed by atoms with Crippen LogP contribution in [0.1, 0.15) is 5.56 Å². The first-order chi connectivity index (χ1) is 6.27. The van der Waals surface area contributed by atoms with Crippen LogP contribution in [0.25, 0.3) is 0 Å². The summed E-state index contributed by atoms with van der Waals surface area (Å²) in [6.45, 7) is 3.25. The molecule has 3 heteroatoms. The van der Waals surface area contributed by atoms with E-state index in [1.165, 1.54) is 6.08 Å². The van der Waals surface area contributed by atoms with Crippen molar-refractivity contribution in [1.82, 2.24) is 0 Å². The highest BCUT2D eigenvalue weighted by molar-refractivity contribution is 5.99. The number of carbonyl (C=O) groups excluding carboxylic acids is 1. The molecule has 0 atom stereocenters. The SMILES string of the molecule is C=CC(=O)Nc1ccccc1CO. The monoisotopic (exact) mass is 177 g/mol. The van der Waals surface area contributed by atoms with Crippen molar-refractivity contribution < 1.29 is 9.90 Å². The molecule has 68 valence electrons. The fraction of sp³-hybridized carbons (Fsp3) is 0.100. The van der Waals surface area contributed by atoms with Gasteiger partial charge in [0.15, 0.2) is 0 Å². The van der Waals surface area contributed by atoms with E-state index in [1.807, 2.05) is 0 Å². The second kappa shape index (κ2) is 4.42. The quantitative estimate of drug-likeness (QED) is 0.684. The van der Waals surface area contributed by atoms with Crippen LogP contribution in [-0.2, 0) is 11.4 Å². The minimum absolute atomic E-state index is 0.0897. The minimum Gasteiger partial charge on any atom is -0.392 e. The summed E-state index contributed by atoms with van der Waals surface area (Å²) in [6.07, 6.45) is 1.19. The van der Waals surface area contributed by atoms with Crippen LogP contribution in [0.15, 0.2) is 36.9 Å². The predicted octanol–water partition coefficient (Wildman–Crippen LogP) is 1.30. The predicted molar refractivity (Wildman–Crippen MR) is 51.2 cm³/mol. The van der Waals surface area contributed by atoms with E-state index in [0.717, 1.165) is 0 Å². The molecule has 3 nitrogen and oxygen atoms in total. The molecule has 0 bridgehead atoms. The maximum atomic E-state index is 10.9. The van der Waals surface area contributed by atoms with Gasteiger partial charge in [-0.3, -0.25) is 4.79 Å². The molecule has 0 unspecified atom stereocenters. The lowest BCUT2D eigenvalue weighted by molar-refractivity contribution is -0.111. The lowest BCUT2D eigenvalue weighted by Crippen LogP contribution is -2.09. The van der Waals surface area contributed by atoms with Gasteiger partial charge in [0.05, 0.1) is 6.61 Å². The third-order valence-electron chi connectivity index (χ3n) is 1.63. The largest absolute Gasteiger partial charge is 0.392 e. The maximum Gasteiger partial charge on any atom is 0.247 e. The number of aliphatic hydroxyl groups excluding tert-OH is 1. The zero-order valence-electron chi connectivity index (χ0n) is 7.16. The van der Waals surface area contributed by atoms with Gasteiger partial charge in [0.1, 0.15) is 0 Å². The Labute approximate surface area is 76.7 Å². The number of para-hydroxylation sites is 1. The van der Waals surface area contributed by atoms with E-state index in [-0.39, 0.29) is 12.5 Å². The van der Waals surface area contributed by atoms with Crippen LogP contribution in [0.3, 0.4) is 0 Å². The van der Waals surface area contributed by atoms with Crippen molar-refractivity contribution in [3.05, 3.63) is 42.5 Å². The number of benzene rings is 1. The number of nitrogens with one attached hydrogen (secondary N) is 1. The highest BCUT2D eigenvalue weighted by atomic mass is 16.3. The van der Waals surface area contributed by atoms with Crippen LogP contribution in [-0.4, -0.2) is 11.0 Å². The number of amides is 1. The zero-order valence-corrected chi connectivity index (χ0v) is 7.16. The number of hydrogen-bond acceptors (Lipinski definition) is 2. The molecule has 0 aliphatic rings. The second-order valence-corrected chi connectivity index (χ2v) is 2.51. The molecule has 1 rings (SSSR count). The fourth-order valence-corrected chi connectivity index (χ4v) is 0.964. The molecule has 1 amide bonds. The average Bonchev–Trinajstić information content (AvgIpc) is 2.18. The van der Waals surface area contributed by atoms with Gasteiger partial charge in [0.2, 0.25) is 5.91 Å². The van der Waals surface area contributed by atoms with E-state index < -0.39 is 0 Å². The number of aliphatic hydroxyl groups is 1. The second-order valence-electron chi connectivity index (χ2n) is 2.51. The van der Waals surface area contributed by atoms with Crippen LogP contribution in [0, 0.1) is 0 Å². The Kier molecular flexibility index (Phi) is 3.23. The zero-order chi connectivity index (χ0) is 9.68. The van der Waals surface area contributed by atoms with Crippen molar-refractivity contribution in [2.75, 3.05) is 5.32 Å². The van der Waals surface area contributed by atoms with Crippen molar-refractivity contribution in [2.24, 2.45) is 0 Å². The van der Waals surface area contributed by atoms with E-state index >= 15 is 0 Å². The van der Waals surface area contributed by atoms with Gasteiger partial charge in [-0.1, -0.05) is 24.8 Å². The molecule has 2 N–H and O–H groups in total. The van der Waals surface area contributed by atoms with Gasteiger partial charge in [0, 0.05) is 11.3 Å². The third-order valence-corrected chi connectivity index (χ3v) is 1.63. The molecular formula is C10H11NO2. The molecule has 0 heterocycles. The van der Waals surface area contributed by atoms with Gasteiger partial charge >= 0.3 is 0 Å². The summed E-state index contributed by atoms with van der Waals surface area (Å²) in [7, 11) is 0. The van der Waals surface area contributed by atoms with Crippen molar-refractivity contribution >= 4 is 11.6 Å². The summed E-state index contributed by atoms with van der Waals surface area (Å²) in [4.78, 5) is 10.9. The first-order valence-electron chi connectivity index (χ1n) is 3.90. The first-order valence-corrected chi connectivity index (χ1v) is 3.90. The molecule has 0 spiro atoms. The summed E-state index contributed by atoms with van der Waals surface area (Å²) in [5.74, 6) is -0.277. The summed E-state index contributed by atoms with van der Waals surface area (Å²) in [6, 6.07) is 7.07. The lowest BCUT2D eigenvalue weighted by atomic mass is 10.2. The van der Waals surface area contributed by atoms with Gasteiger partial charge in [0.25, 0.3) is 0 Å². The molecule has 0 fully saturated rings. The molecule has 0 aliphatic heterocycles. The molecule has 0 saturated heterocycles. The maximum absolute atomic E-state index is 10.9. The lowest BCUT2D eigenvalue weighted by Gasteiger charge is -2.06. The van der Waals surface area contributed by atoms with Gasteiger partial charge in [-0.05, 0) is 12.1 Å². The van der Waals surface area contributed by atoms with Crippen LogP contribution in [0.2, 0.25) is 0 Å². The molecule has 0 saturated carbocycles. The topological polar surface area (TPSA) is 49.3 Å².